The summed E-state index contributed by atoms with van der Waals surface area (Å²) in [5, 5.41) is 0. The van der Waals surface area contributed by atoms with Crippen molar-refractivity contribution < 1.29 is 18.8 Å². The van der Waals surface area contributed by atoms with E-state index in [2.05, 4.69) is 15.9 Å². The van der Waals surface area contributed by atoms with Crippen molar-refractivity contribution in [1.82, 2.24) is 9.13 Å². The van der Waals surface area contributed by atoms with Gasteiger partial charge in [0.05, 0.1) is 10.5 Å². The standard InChI is InChI=1S/C16H14BrFN2O4/c1-8(17)13-14(15(23)11-4-6-12(18)7-5-11)20(10(3)22)16(24)19(13)9(2)21/h4-8H,1-3H3. The van der Waals surface area contributed by atoms with Crippen molar-refractivity contribution in [2.45, 2.75) is 25.6 Å². The van der Waals surface area contributed by atoms with Crippen molar-refractivity contribution in [3.8, 4) is 0 Å². The van der Waals surface area contributed by atoms with Crippen LogP contribution in [0.1, 0.15) is 56.9 Å². The van der Waals surface area contributed by atoms with Crippen molar-refractivity contribution in [1.29, 1.82) is 0 Å². The molecule has 1 unspecified atom stereocenters. The predicted molar refractivity (Wildman–Crippen MR) is 88.5 cm³/mol. The number of rotatable bonds is 3. The van der Waals surface area contributed by atoms with E-state index >= 15 is 0 Å². The van der Waals surface area contributed by atoms with Crippen LogP contribution in [0.2, 0.25) is 0 Å². The van der Waals surface area contributed by atoms with Gasteiger partial charge in [-0.2, -0.15) is 0 Å². The second kappa shape index (κ2) is 6.64. The maximum absolute atomic E-state index is 13.1. The van der Waals surface area contributed by atoms with E-state index in [1.165, 1.54) is 12.1 Å². The first-order valence-corrected chi connectivity index (χ1v) is 7.92. The van der Waals surface area contributed by atoms with Crippen molar-refractivity contribution in [2.75, 3.05) is 0 Å². The van der Waals surface area contributed by atoms with E-state index in [1.807, 2.05) is 0 Å². The van der Waals surface area contributed by atoms with E-state index in [0.29, 0.717) is 4.57 Å². The molecular formula is C16H14BrFN2O4. The molecule has 2 aromatic rings. The van der Waals surface area contributed by atoms with Crippen LogP contribution < -0.4 is 5.69 Å². The molecule has 6 nitrogen and oxygen atoms in total. The molecule has 1 aromatic heterocycles. The van der Waals surface area contributed by atoms with E-state index < -0.39 is 33.9 Å². The minimum absolute atomic E-state index is 0.0806. The number of carbonyl (C=O) groups excluding carboxylic acids is 3. The zero-order valence-corrected chi connectivity index (χ0v) is 14.8. The summed E-state index contributed by atoms with van der Waals surface area (Å²) < 4.78 is 14.5. The SMILES string of the molecule is CC(=O)n1c(C(=O)c2ccc(F)cc2)c(C(C)Br)n(C(C)=O)c1=O. The molecule has 0 saturated carbocycles. The van der Waals surface area contributed by atoms with Gasteiger partial charge in [0.15, 0.2) is 0 Å². The van der Waals surface area contributed by atoms with E-state index in [-0.39, 0.29) is 17.0 Å². The highest BCUT2D eigenvalue weighted by Gasteiger charge is 2.31. The molecule has 0 aliphatic carbocycles. The van der Waals surface area contributed by atoms with Gasteiger partial charge in [-0.15, -0.1) is 0 Å². The number of hydrogen-bond donors (Lipinski definition) is 0. The van der Waals surface area contributed by atoms with E-state index in [4.69, 9.17) is 0 Å². The van der Waals surface area contributed by atoms with Gasteiger partial charge in [0.25, 0.3) is 0 Å². The number of halogens is 2. The largest absolute Gasteiger partial charge is 0.342 e. The predicted octanol–water partition coefficient (Wildman–Crippen LogP) is 2.80. The zero-order valence-electron chi connectivity index (χ0n) is 13.2. The maximum Gasteiger partial charge on any atom is 0.342 e. The number of alkyl halides is 1. The third-order valence-corrected chi connectivity index (χ3v) is 3.85. The van der Waals surface area contributed by atoms with Crippen molar-refractivity contribution in [3.63, 3.8) is 0 Å². The number of nitrogens with zero attached hydrogens (tertiary/aromatic N) is 2. The van der Waals surface area contributed by atoms with E-state index in [9.17, 15) is 23.6 Å². The molecule has 0 amide bonds. The lowest BCUT2D eigenvalue weighted by Gasteiger charge is -2.09. The molecule has 1 aromatic carbocycles. The lowest BCUT2D eigenvalue weighted by molar-refractivity contribution is 0.0905. The number of hydrogen-bond acceptors (Lipinski definition) is 4. The molecular weight excluding hydrogens is 383 g/mol. The van der Waals surface area contributed by atoms with Crippen LogP contribution in [0.3, 0.4) is 0 Å². The molecule has 0 bridgehead atoms. The molecule has 0 aliphatic heterocycles. The minimum atomic E-state index is -0.901. The van der Waals surface area contributed by atoms with Gasteiger partial charge in [0, 0.05) is 19.4 Å². The summed E-state index contributed by atoms with van der Waals surface area (Å²) in [7, 11) is 0. The number of ketones is 1. The summed E-state index contributed by atoms with van der Waals surface area (Å²) in [5.74, 6) is -2.48. The van der Waals surface area contributed by atoms with Crippen LogP contribution in [-0.4, -0.2) is 26.7 Å². The van der Waals surface area contributed by atoms with Gasteiger partial charge in [0.1, 0.15) is 11.5 Å². The van der Waals surface area contributed by atoms with Crippen LogP contribution in [0.15, 0.2) is 29.1 Å². The normalized spacial score (nSPS) is 12.0. The lowest BCUT2D eigenvalue weighted by Crippen LogP contribution is -2.31. The molecule has 1 atom stereocenters. The van der Waals surface area contributed by atoms with Crippen LogP contribution in [0, 0.1) is 5.82 Å². The van der Waals surface area contributed by atoms with Crippen molar-refractivity contribution in [3.05, 3.63) is 57.5 Å². The summed E-state index contributed by atoms with van der Waals surface area (Å²) in [6.07, 6.45) is 0. The van der Waals surface area contributed by atoms with Gasteiger partial charge in [-0.05, 0) is 31.2 Å². The Kier molecular flexibility index (Phi) is 4.98. The molecule has 126 valence electrons. The Morgan fingerprint density at radius 2 is 1.54 bits per heavy atom. The van der Waals surface area contributed by atoms with E-state index in [1.54, 1.807) is 6.92 Å². The Bertz CT molecular complexity index is 894. The molecule has 24 heavy (non-hydrogen) atoms. The van der Waals surface area contributed by atoms with Gasteiger partial charge < -0.3 is 0 Å². The molecule has 0 radical (unpaired) electrons. The number of imidazole rings is 1. The first-order valence-electron chi connectivity index (χ1n) is 7.00. The topological polar surface area (TPSA) is 78.1 Å². The van der Waals surface area contributed by atoms with Gasteiger partial charge in [-0.1, -0.05) is 15.9 Å². The fraction of sp³-hybridized carbons (Fsp3) is 0.250. The third kappa shape index (κ3) is 3.01. The molecule has 0 spiro atoms. The number of benzene rings is 1. The highest BCUT2D eigenvalue weighted by atomic mass is 79.9. The number of aromatic nitrogens is 2. The monoisotopic (exact) mass is 396 g/mol. The van der Waals surface area contributed by atoms with Crippen LogP contribution >= 0.6 is 15.9 Å². The maximum atomic E-state index is 13.1. The highest BCUT2D eigenvalue weighted by Crippen LogP contribution is 2.27. The lowest BCUT2D eigenvalue weighted by atomic mass is 10.1. The Labute approximate surface area is 145 Å². The Morgan fingerprint density at radius 1 is 1.04 bits per heavy atom. The first-order chi connectivity index (χ1) is 11.2. The summed E-state index contributed by atoms with van der Waals surface area (Å²) in [5.41, 5.74) is -0.932. The first kappa shape index (κ1) is 18.0. The minimum Gasteiger partial charge on any atom is -0.287 e. The van der Waals surface area contributed by atoms with Gasteiger partial charge in [-0.25, -0.2) is 18.3 Å². The molecule has 0 saturated heterocycles. The molecule has 0 aliphatic rings. The quantitative estimate of drug-likeness (QED) is 0.590. The second-order valence-electron chi connectivity index (χ2n) is 5.18. The average Bonchev–Trinajstić information content (AvgIpc) is 2.81. The summed E-state index contributed by atoms with van der Waals surface area (Å²) in [6, 6.07) is 4.70. The van der Waals surface area contributed by atoms with Gasteiger partial charge in [0.2, 0.25) is 17.6 Å². The molecule has 0 N–H and O–H groups in total. The highest BCUT2D eigenvalue weighted by molar-refractivity contribution is 9.09. The molecule has 1 heterocycles. The Morgan fingerprint density at radius 3 is 1.96 bits per heavy atom. The van der Waals surface area contributed by atoms with Crippen LogP contribution in [-0.2, 0) is 0 Å². The average molecular weight is 397 g/mol. The van der Waals surface area contributed by atoms with Gasteiger partial charge in [-0.3, -0.25) is 14.4 Å². The van der Waals surface area contributed by atoms with Crippen LogP contribution in [0.4, 0.5) is 4.39 Å². The fourth-order valence-electron chi connectivity index (χ4n) is 2.44. The molecule has 0 fully saturated rings. The zero-order chi connectivity index (χ0) is 18.2. The van der Waals surface area contributed by atoms with Crippen LogP contribution in [0.5, 0.6) is 0 Å². The Hall–Kier alpha value is -2.35. The van der Waals surface area contributed by atoms with Gasteiger partial charge >= 0.3 is 5.69 Å². The number of carbonyl (C=O) groups is 3. The summed E-state index contributed by atoms with van der Waals surface area (Å²) >= 11 is 3.25. The van der Waals surface area contributed by atoms with Crippen molar-refractivity contribution >= 4 is 33.5 Å². The Balaban J connectivity index is 2.85. The van der Waals surface area contributed by atoms with E-state index in [0.717, 1.165) is 30.5 Å². The van der Waals surface area contributed by atoms with Crippen LogP contribution in [0.25, 0.3) is 0 Å². The summed E-state index contributed by atoms with van der Waals surface area (Å²) in [6.45, 7) is 3.91. The third-order valence-electron chi connectivity index (χ3n) is 3.42. The fourth-order valence-corrected chi connectivity index (χ4v) is 2.86. The smallest absolute Gasteiger partial charge is 0.287 e. The van der Waals surface area contributed by atoms with Crippen molar-refractivity contribution in [2.24, 2.45) is 0 Å². The second-order valence-corrected chi connectivity index (χ2v) is 6.55. The molecule has 8 heteroatoms. The molecule has 2 rings (SSSR count). The summed E-state index contributed by atoms with van der Waals surface area (Å²) in [4.78, 5) is 48.4.